The first-order chi connectivity index (χ1) is 12.6. The fourth-order valence-corrected chi connectivity index (χ4v) is 3.16. The number of H-pyrrole nitrogens is 1. The summed E-state index contributed by atoms with van der Waals surface area (Å²) in [7, 11) is 3.57. The molecule has 1 aliphatic rings. The monoisotopic (exact) mass is 356 g/mol. The van der Waals surface area contributed by atoms with Gasteiger partial charge in [0.15, 0.2) is 11.5 Å². The molecular weight excluding hydrogens is 336 g/mol. The van der Waals surface area contributed by atoms with E-state index in [4.69, 9.17) is 4.74 Å². The summed E-state index contributed by atoms with van der Waals surface area (Å²) in [5, 5.41) is 7.79. The van der Waals surface area contributed by atoms with E-state index in [-0.39, 0.29) is 11.7 Å². The molecule has 4 heterocycles. The van der Waals surface area contributed by atoms with Gasteiger partial charge >= 0.3 is 0 Å². The molecule has 136 valence electrons. The van der Waals surface area contributed by atoms with Gasteiger partial charge in [0.2, 0.25) is 0 Å². The lowest BCUT2D eigenvalue weighted by Crippen LogP contribution is -2.48. The maximum atomic E-state index is 12.2. The number of hydrogen-bond acceptors (Lipinski definition) is 8. The first-order valence-electron chi connectivity index (χ1n) is 8.37. The lowest BCUT2D eigenvalue weighted by molar-refractivity contribution is 0.0456. The molecule has 3 aromatic heterocycles. The van der Waals surface area contributed by atoms with Crippen LogP contribution in [0, 0.1) is 0 Å². The molecule has 0 bridgehead atoms. The highest BCUT2D eigenvalue weighted by Crippen LogP contribution is 2.23. The van der Waals surface area contributed by atoms with Gasteiger partial charge in [-0.25, -0.2) is 15.0 Å². The maximum Gasteiger partial charge on any atom is 0.293 e. The number of anilines is 2. The van der Waals surface area contributed by atoms with Crippen LogP contribution >= 0.6 is 0 Å². The van der Waals surface area contributed by atoms with E-state index in [0.717, 1.165) is 17.7 Å². The fourth-order valence-electron chi connectivity index (χ4n) is 3.16. The molecule has 10 nitrogen and oxygen atoms in total. The van der Waals surface area contributed by atoms with E-state index in [9.17, 15) is 4.79 Å². The highest BCUT2D eigenvalue weighted by molar-refractivity contribution is 5.86. The smallest absolute Gasteiger partial charge is 0.293 e. The second kappa shape index (κ2) is 6.71. The van der Waals surface area contributed by atoms with E-state index >= 15 is 0 Å². The highest BCUT2D eigenvalue weighted by atomic mass is 16.5. The minimum atomic E-state index is -0.126. The summed E-state index contributed by atoms with van der Waals surface area (Å²) in [6, 6.07) is 0. The number of ether oxygens (including phenoxy) is 1. The third-order valence-electron chi connectivity index (χ3n) is 4.50. The Morgan fingerprint density at radius 2 is 2.27 bits per heavy atom. The second-order valence-corrected chi connectivity index (χ2v) is 6.32. The van der Waals surface area contributed by atoms with Crippen LogP contribution < -0.4 is 15.4 Å². The van der Waals surface area contributed by atoms with E-state index in [1.807, 2.05) is 11.9 Å². The van der Waals surface area contributed by atoms with Crippen molar-refractivity contribution in [3.05, 3.63) is 35.3 Å². The van der Waals surface area contributed by atoms with Gasteiger partial charge in [0.25, 0.3) is 5.56 Å². The fraction of sp³-hybridized carbons (Fsp3) is 0.438. The Morgan fingerprint density at radius 1 is 1.38 bits per heavy atom. The molecule has 0 aromatic carbocycles. The number of aryl methyl sites for hydroxylation is 1. The predicted octanol–water partition coefficient (Wildman–Crippen LogP) is -0.212. The average Bonchev–Trinajstić information content (AvgIpc) is 3.13. The second-order valence-electron chi connectivity index (χ2n) is 6.32. The molecule has 4 rings (SSSR count). The van der Waals surface area contributed by atoms with Gasteiger partial charge in [-0.3, -0.25) is 9.89 Å². The summed E-state index contributed by atoms with van der Waals surface area (Å²) < 4.78 is 7.42. The van der Waals surface area contributed by atoms with Gasteiger partial charge in [-0.05, 0) is 0 Å². The van der Waals surface area contributed by atoms with E-state index in [1.54, 1.807) is 25.6 Å². The summed E-state index contributed by atoms with van der Waals surface area (Å²) in [6.45, 7) is 2.54. The van der Waals surface area contributed by atoms with Crippen LogP contribution in [0.1, 0.15) is 0 Å². The summed E-state index contributed by atoms with van der Waals surface area (Å²) in [4.78, 5) is 29.0. The van der Waals surface area contributed by atoms with E-state index in [1.165, 1.54) is 10.9 Å². The van der Waals surface area contributed by atoms with Crippen LogP contribution in [0.25, 0.3) is 11.0 Å². The number of rotatable bonds is 4. The maximum absolute atomic E-state index is 12.2. The third kappa shape index (κ3) is 2.99. The van der Waals surface area contributed by atoms with E-state index in [2.05, 4.69) is 30.0 Å². The van der Waals surface area contributed by atoms with Gasteiger partial charge in [0.1, 0.15) is 12.1 Å². The van der Waals surface area contributed by atoms with Crippen molar-refractivity contribution in [3.8, 4) is 0 Å². The SMILES string of the molecule is CN(C[C@H]1CN(c2ncnc3[nH]ncc23)CCO1)c1nccn(C)c1=O. The van der Waals surface area contributed by atoms with Crippen LogP contribution in [0.2, 0.25) is 0 Å². The van der Waals surface area contributed by atoms with Crippen molar-refractivity contribution < 1.29 is 4.74 Å². The minimum Gasteiger partial charge on any atom is -0.373 e. The molecule has 0 saturated carbocycles. The molecule has 26 heavy (non-hydrogen) atoms. The van der Waals surface area contributed by atoms with Gasteiger partial charge < -0.3 is 19.1 Å². The van der Waals surface area contributed by atoms with Gasteiger partial charge in [-0.1, -0.05) is 0 Å². The molecule has 10 heteroatoms. The number of likely N-dealkylation sites (N-methyl/N-ethyl adjacent to an activating group) is 1. The van der Waals surface area contributed by atoms with Crippen molar-refractivity contribution in [2.45, 2.75) is 6.10 Å². The molecular formula is C16H20N8O2. The molecule has 0 unspecified atom stereocenters. The lowest BCUT2D eigenvalue weighted by atomic mass is 10.2. The lowest BCUT2D eigenvalue weighted by Gasteiger charge is -2.35. The molecule has 0 radical (unpaired) electrons. The van der Waals surface area contributed by atoms with Crippen LogP contribution in [0.15, 0.2) is 29.7 Å². The number of morpholine rings is 1. The van der Waals surface area contributed by atoms with Crippen molar-refractivity contribution in [3.63, 3.8) is 0 Å². The largest absolute Gasteiger partial charge is 0.373 e. The van der Waals surface area contributed by atoms with Crippen molar-refractivity contribution >= 4 is 22.7 Å². The molecule has 1 aliphatic heterocycles. The molecule has 0 spiro atoms. The van der Waals surface area contributed by atoms with Crippen molar-refractivity contribution in [2.75, 3.05) is 43.1 Å². The van der Waals surface area contributed by atoms with Gasteiger partial charge in [-0.2, -0.15) is 5.10 Å². The van der Waals surface area contributed by atoms with Gasteiger partial charge in [-0.15, -0.1) is 0 Å². The number of nitrogens with zero attached hydrogens (tertiary/aromatic N) is 7. The topological polar surface area (TPSA) is 105 Å². The van der Waals surface area contributed by atoms with Gasteiger partial charge in [0, 0.05) is 46.1 Å². The number of hydrogen-bond donors (Lipinski definition) is 1. The van der Waals surface area contributed by atoms with E-state index < -0.39 is 0 Å². The summed E-state index contributed by atoms with van der Waals surface area (Å²) in [5.74, 6) is 1.25. The molecule has 1 atom stereocenters. The van der Waals surface area contributed by atoms with Gasteiger partial charge in [0.05, 0.1) is 24.3 Å². The number of aromatic amines is 1. The minimum absolute atomic E-state index is 0.0719. The van der Waals surface area contributed by atoms with E-state index in [0.29, 0.717) is 31.2 Å². The first-order valence-corrected chi connectivity index (χ1v) is 8.37. The zero-order valence-electron chi connectivity index (χ0n) is 14.7. The zero-order chi connectivity index (χ0) is 18.1. The summed E-state index contributed by atoms with van der Waals surface area (Å²) in [5.41, 5.74) is 0.589. The molecule has 1 saturated heterocycles. The predicted molar refractivity (Wildman–Crippen MR) is 96.4 cm³/mol. The Balaban J connectivity index is 1.51. The van der Waals surface area contributed by atoms with Crippen LogP contribution in [0.3, 0.4) is 0 Å². The van der Waals surface area contributed by atoms with Crippen molar-refractivity contribution in [2.24, 2.45) is 7.05 Å². The van der Waals surface area contributed by atoms with Crippen molar-refractivity contribution in [1.29, 1.82) is 0 Å². The zero-order valence-corrected chi connectivity index (χ0v) is 14.7. The molecule has 1 N–H and O–H groups in total. The number of aromatic nitrogens is 6. The quantitative estimate of drug-likeness (QED) is 0.685. The third-order valence-corrected chi connectivity index (χ3v) is 4.50. The summed E-state index contributed by atoms with van der Waals surface area (Å²) >= 11 is 0. The first kappa shape index (κ1) is 16.5. The average molecular weight is 356 g/mol. The Kier molecular flexibility index (Phi) is 4.25. The molecule has 0 amide bonds. The Hall–Kier alpha value is -3.01. The summed E-state index contributed by atoms with van der Waals surface area (Å²) in [6.07, 6.45) is 6.46. The number of fused-ring (bicyclic) bond motifs is 1. The Morgan fingerprint density at radius 3 is 3.15 bits per heavy atom. The molecule has 1 fully saturated rings. The van der Waals surface area contributed by atoms with Crippen molar-refractivity contribution in [1.82, 2.24) is 29.7 Å². The normalized spacial score (nSPS) is 17.6. The standard InChI is InChI=1S/C16H20N8O2/c1-22-4-3-17-15(16(22)25)23(2)8-11-9-24(5-6-26-11)14-12-7-20-21-13(12)18-10-19-14/h3-4,7,10-11H,5-6,8-9H2,1-2H3,(H,18,19,20,21)/t11-/m0/s1. The van der Waals surface area contributed by atoms with Crippen LogP contribution in [0.5, 0.6) is 0 Å². The molecule has 0 aliphatic carbocycles. The Bertz CT molecular complexity index is 968. The van der Waals surface area contributed by atoms with Crippen LogP contribution in [-0.4, -0.2) is 69.1 Å². The highest BCUT2D eigenvalue weighted by Gasteiger charge is 2.25. The number of nitrogens with one attached hydrogen (secondary N) is 1. The van der Waals surface area contributed by atoms with Crippen LogP contribution in [0.4, 0.5) is 11.6 Å². The Labute approximate surface area is 149 Å². The van der Waals surface area contributed by atoms with Crippen LogP contribution in [-0.2, 0) is 11.8 Å². The molecule has 3 aromatic rings.